The molecule has 0 bridgehead atoms. The number of carbonyl (C=O) groups excluding carboxylic acids is 2. The maximum absolute atomic E-state index is 12.7. The van der Waals surface area contributed by atoms with Crippen LogP contribution in [0.1, 0.15) is 50.9 Å². The molecule has 0 saturated carbocycles. The predicted octanol–water partition coefficient (Wildman–Crippen LogP) is 6.00. The number of alkyl halides is 3. The van der Waals surface area contributed by atoms with Crippen LogP contribution in [-0.4, -0.2) is 28.4 Å². The van der Waals surface area contributed by atoms with Crippen LogP contribution in [0.5, 0.6) is 0 Å². The minimum atomic E-state index is -1.88. The summed E-state index contributed by atoms with van der Waals surface area (Å²) in [6, 6.07) is 6.43. The molecular weight excluding hydrogens is 490 g/mol. The fourth-order valence-corrected chi connectivity index (χ4v) is 5.08. The van der Waals surface area contributed by atoms with E-state index >= 15 is 0 Å². The van der Waals surface area contributed by atoms with E-state index < -0.39 is 21.8 Å². The maximum Gasteiger partial charge on any atom is 0.341 e. The van der Waals surface area contributed by atoms with Gasteiger partial charge < -0.3 is 15.4 Å². The number of halogens is 4. The Kier molecular flexibility index (Phi) is 7.80. The molecule has 1 amide bonds. The molecule has 3 rings (SSSR count). The summed E-state index contributed by atoms with van der Waals surface area (Å²) < 4.78 is 3.37. The van der Waals surface area contributed by atoms with Crippen molar-refractivity contribution in [2.45, 2.75) is 42.6 Å². The molecule has 30 heavy (non-hydrogen) atoms. The minimum Gasteiger partial charge on any atom is -0.462 e. The van der Waals surface area contributed by atoms with E-state index in [4.69, 9.17) is 51.1 Å². The first kappa shape index (κ1) is 23.5. The Hall–Kier alpha value is -1.18. The molecule has 1 aromatic carbocycles. The number of esters is 1. The Bertz CT molecular complexity index is 943. The van der Waals surface area contributed by atoms with Crippen molar-refractivity contribution in [3.05, 3.63) is 50.9 Å². The van der Waals surface area contributed by atoms with Crippen molar-refractivity contribution in [2.24, 2.45) is 0 Å². The minimum absolute atomic E-state index is 0.252. The molecular formula is C20H20Cl4N2O3S. The van der Waals surface area contributed by atoms with Crippen LogP contribution in [0.15, 0.2) is 24.3 Å². The number of aryl methyl sites for hydroxylation is 1. The number of anilines is 1. The van der Waals surface area contributed by atoms with Gasteiger partial charge in [0.25, 0.3) is 5.91 Å². The Labute approximate surface area is 199 Å². The summed E-state index contributed by atoms with van der Waals surface area (Å²) in [5.74, 6) is -0.899. The summed E-state index contributed by atoms with van der Waals surface area (Å²) in [4.78, 5) is 26.4. The number of hydrogen-bond donors (Lipinski definition) is 2. The van der Waals surface area contributed by atoms with E-state index in [0.29, 0.717) is 21.2 Å². The second kappa shape index (κ2) is 9.96. The SMILES string of the molecule is CCOC(=O)c1c(N[C@H](NC(=O)c2cccc(Cl)c2)C(Cl)(Cl)Cl)sc2c1CCCC2. The Morgan fingerprint density at radius 1 is 1.23 bits per heavy atom. The van der Waals surface area contributed by atoms with E-state index in [9.17, 15) is 9.59 Å². The molecule has 0 fully saturated rings. The molecule has 0 unspecified atom stereocenters. The van der Waals surface area contributed by atoms with Crippen molar-refractivity contribution in [3.63, 3.8) is 0 Å². The second-order valence-electron chi connectivity index (χ2n) is 6.74. The van der Waals surface area contributed by atoms with E-state index in [1.54, 1.807) is 25.1 Å². The van der Waals surface area contributed by atoms with Gasteiger partial charge in [-0.3, -0.25) is 4.79 Å². The number of fused-ring (bicyclic) bond motifs is 1. The summed E-state index contributed by atoms with van der Waals surface area (Å²) in [6.45, 7) is 2.00. The summed E-state index contributed by atoms with van der Waals surface area (Å²) in [7, 11) is 0. The highest BCUT2D eigenvalue weighted by atomic mass is 35.6. The molecule has 5 nitrogen and oxygen atoms in total. The monoisotopic (exact) mass is 508 g/mol. The highest BCUT2D eigenvalue weighted by molar-refractivity contribution is 7.16. The van der Waals surface area contributed by atoms with Gasteiger partial charge in [-0.25, -0.2) is 4.79 Å². The van der Waals surface area contributed by atoms with Gasteiger partial charge in [0.15, 0.2) is 0 Å². The van der Waals surface area contributed by atoms with Gasteiger partial charge in [0.05, 0.1) is 12.2 Å². The number of carbonyl (C=O) groups is 2. The fourth-order valence-electron chi connectivity index (χ4n) is 3.26. The number of thiophene rings is 1. The van der Waals surface area contributed by atoms with Gasteiger partial charge in [-0.2, -0.15) is 0 Å². The zero-order chi connectivity index (χ0) is 21.9. The molecule has 0 aliphatic heterocycles. The van der Waals surface area contributed by atoms with Crippen molar-refractivity contribution in [3.8, 4) is 0 Å². The molecule has 0 spiro atoms. The van der Waals surface area contributed by atoms with Crippen LogP contribution in [0.3, 0.4) is 0 Å². The zero-order valence-corrected chi connectivity index (χ0v) is 19.9. The van der Waals surface area contributed by atoms with E-state index in [1.807, 2.05) is 0 Å². The molecule has 1 aromatic heterocycles. The third kappa shape index (κ3) is 5.54. The van der Waals surface area contributed by atoms with Crippen molar-refractivity contribution < 1.29 is 14.3 Å². The lowest BCUT2D eigenvalue weighted by Crippen LogP contribution is -2.49. The first-order chi connectivity index (χ1) is 14.2. The molecule has 162 valence electrons. The van der Waals surface area contributed by atoms with Gasteiger partial charge in [-0.1, -0.05) is 52.5 Å². The van der Waals surface area contributed by atoms with Gasteiger partial charge in [-0.05, 0) is 56.4 Å². The number of amides is 1. The number of rotatable bonds is 6. The number of benzene rings is 1. The molecule has 2 N–H and O–H groups in total. The number of hydrogen-bond acceptors (Lipinski definition) is 5. The third-order valence-electron chi connectivity index (χ3n) is 4.62. The largest absolute Gasteiger partial charge is 0.462 e. The molecule has 1 heterocycles. The summed E-state index contributed by atoms with van der Waals surface area (Å²) >= 11 is 25.8. The van der Waals surface area contributed by atoms with Gasteiger partial charge >= 0.3 is 5.97 Å². The van der Waals surface area contributed by atoms with Crippen molar-refractivity contribution >= 4 is 74.6 Å². The molecule has 1 aliphatic rings. The van der Waals surface area contributed by atoms with E-state index in [0.717, 1.165) is 36.1 Å². The van der Waals surface area contributed by atoms with Crippen LogP contribution >= 0.6 is 57.7 Å². The lowest BCUT2D eigenvalue weighted by Gasteiger charge is -2.27. The van der Waals surface area contributed by atoms with Crippen LogP contribution < -0.4 is 10.6 Å². The van der Waals surface area contributed by atoms with Crippen LogP contribution in [0, 0.1) is 0 Å². The standard InChI is InChI=1S/C20H20Cl4N2O3S/c1-2-29-18(28)15-13-8-3-4-9-14(13)30-17(15)26-19(20(22,23)24)25-16(27)11-6-5-7-12(21)10-11/h5-7,10,19,26H,2-4,8-9H2,1H3,(H,25,27)/t19-/m0/s1. The summed E-state index contributed by atoms with van der Waals surface area (Å²) in [6.07, 6.45) is 2.61. The van der Waals surface area contributed by atoms with Crippen molar-refractivity contribution in [1.82, 2.24) is 5.32 Å². The van der Waals surface area contributed by atoms with Crippen LogP contribution in [0.25, 0.3) is 0 Å². The highest BCUT2D eigenvalue weighted by Crippen LogP contribution is 2.41. The van der Waals surface area contributed by atoms with Gasteiger partial charge in [0.1, 0.15) is 11.2 Å². The molecule has 1 aliphatic carbocycles. The fraction of sp³-hybridized carbons (Fsp3) is 0.400. The maximum atomic E-state index is 12.7. The molecule has 0 saturated heterocycles. The van der Waals surface area contributed by atoms with Crippen molar-refractivity contribution in [1.29, 1.82) is 0 Å². The Balaban J connectivity index is 1.91. The third-order valence-corrected chi connectivity index (χ3v) is 6.73. The van der Waals surface area contributed by atoms with Crippen LogP contribution in [0.2, 0.25) is 5.02 Å². The van der Waals surface area contributed by atoms with Crippen molar-refractivity contribution in [2.75, 3.05) is 11.9 Å². The first-order valence-electron chi connectivity index (χ1n) is 9.42. The smallest absolute Gasteiger partial charge is 0.341 e. The normalized spacial score (nSPS) is 14.6. The molecule has 10 heteroatoms. The first-order valence-corrected chi connectivity index (χ1v) is 11.7. The van der Waals surface area contributed by atoms with Gasteiger partial charge in [-0.15, -0.1) is 11.3 Å². The Morgan fingerprint density at radius 2 is 1.97 bits per heavy atom. The van der Waals surface area contributed by atoms with Crippen LogP contribution in [0.4, 0.5) is 5.00 Å². The predicted molar refractivity (Wildman–Crippen MR) is 124 cm³/mol. The highest BCUT2D eigenvalue weighted by Gasteiger charge is 2.37. The lowest BCUT2D eigenvalue weighted by atomic mass is 9.95. The zero-order valence-electron chi connectivity index (χ0n) is 16.1. The quantitative estimate of drug-likeness (QED) is 0.285. The number of ether oxygens (including phenoxy) is 1. The van der Waals surface area contributed by atoms with Gasteiger partial charge in [0, 0.05) is 15.5 Å². The molecule has 0 radical (unpaired) electrons. The molecule has 1 atom stereocenters. The molecule has 2 aromatic rings. The summed E-state index contributed by atoms with van der Waals surface area (Å²) in [5.41, 5.74) is 1.74. The van der Waals surface area contributed by atoms with Crippen LogP contribution in [-0.2, 0) is 17.6 Å². The lowest BCUT2D eigenvalue weighted by molar-refractivity contribution is 0.0526. The van der Waals surface area contributed by atoms with E-state index in [1.165, 1.54) is 17.4 Å². The van der Waals surface area contributed by atoms with E-state index in [2.05, 4.69) is 10.6 Å². The average molecular weight is 510 g/mol. The Morgan fingerprint density at radius 3 is 2.63 bits per heavy atom. The summed E-state index contributed by atoms with van der Waals surface area (Å²) in [5, 5.41) is 6.66. The van der Waals surface area contributed by atoms with E-state index in [-0.39, 0.29) is 6.61 Å². The second-order valence-corrected chi connectivity index (χ2v) is 10.6. The average Bonchev–Trinajstić information content (AvgIpc) is 3.05. The van der Waals surface area contributed by atoms with Gasteiger partial charge in [0.2, 0.25) is 3.79 Å². The topological polar surface area (TPSA) is 67.4 Å². The number of nitrogens with one attached hydrogen (secondary N) is 2.